The molecule has 0 atom stereocenters. The van der Waals surface area contributed by atoms with Crippen molar-refractivity contribution in [3.63, 3.8) is 0 Å². The van der Waals surface area contributed by atoms with Gasteiger partial charge in [0.15, 0.2) is 0 Å². The molecule has 0 unspecified atom stereocenters. The summed E-state index contributed by atoms with van der Waals surface area (Å²) in [7, 11) is 1.27. The van der Waals surface area contributed by atoms with E-state index in [9.17, 15) is 4.79 Å². The largest absolute Gasteiger partial charge is 0.514 e. The first-order valence-corrected chi connectivity index (χ1v) is 3.45. The van der Waals surface area contributed by atoms with Crippen LogP contribution in [0.3, 0.4) is 0 Å². The molecule has 0 rings (SSSR count). The minimum absolute atomic E-state index is 0.206. The van der Waals surface area contributed by atoms with E-state index in [0.29, 0.717) is 0 Å². The third-order valence-electron chi connectivity index (χ3n) is 0.724. The lowest BCUT2D eigenvalue weighted by molar-refractivity contribution is -0.135. The molecule has 52 valence electrons. The van der Waals surface area contributed by atoms with E-state index in [1.807, 2.05) is 0 Å². The van der Waals surface area contributed by atoms with Crippen LogP contribution in [0.4, 0.5) is 0 Å². The van der Waals surface area contributed by atoms with Crippen molar-refractivity contribution < 1.29 is 14.6 Å². The molecule has 0 aliphatic heterocycles. The number of hydrogen-bond donors (Lipinski definition) is 1. The summed E-state index contributed by atoms with van der Waals surface area (Å²) >= 11 is 1.14. The Morgan fingerprint density at radius 3 is 2.44 bits per heavy atom. The molecular weight excluding hydrogens is 140 g/mol. The predicted octanol–water partition coefficient (Wildman–Crippen LogP) is 0.922. The highest BCUT2D eigenvalue weighted by atomic mass is 32.2. The van der Waals surface area contributed by atoms with Crippen molar-refractivity contribution >= 4 is 17.7 Å². The minimum Gasteiger partial charge on any atom is -0.514 e. The van der Waals surface area contributed by atoms with Crippen LogP contribution in [0.1, 0.15) is 0 Å². The lowest BCUT2D eigenvalue weighted by Gasteiger charge is -1.96. The van der Waals surface area contributed by atoms with Gasteiger partial charge in [-0.15, -0.1) is 11.8 Å². The summed E-state index contributed by atoms with van der Waals surface area (Å²) < 4.78 is 4.31. The van der Waals surface area contributed by atoms with Gasteiger partial charge in [-0.3, -0.25) is 0 Å². The van der Waals surface area contributed by atoms with Crippen molar-refractivity contribution in [2.45, 2.75) is 0 Å². The van der Waals surface area contributed by atoms with Crippen LogP contribution in [-0.2, 0) is 9.53 Å². The Morgan fingerprint density at radius 1 is 1.78 bits per heavy atom. The van der Waals surface area contributed by atoms with Gasteiger partial charge >= 0.3 is 5.97 Å². The molecule has 0 aromatic rings. The molecule has 0 saturated carbocycles. The predicted molar refractivity (Wildman–Crippen MR) is 36.2 cm³/mol. The van der Waals surface area contributed by atoms with Crippen molar-refractivity contribution in [1.82, 2.24) is 0 Å². The summed E-state index contributed by atoms with van der Waals surface area (Å²) in [5, 5.41) is 8.34. The third-order valence-corrected chi connectivity index (χ3v) is 1.44. The molecule has 1 N–H and O–H groups in total. The van der Waals surface area contributed by atoms with Gasteiger partial charge in [0.1, 0.15) is 11.2 Å². The van der Waals surface area contributed by atoms with Crippen molar-refractivity contribution in [2.24, 2.45) is 0 Å². The van der Waals surface area contributed by atoms with Crippen LogP contribution < -0.4 is 0 Å². The van der Waals surface area contributed by atoms with Gasteiger partial charge in [0.2, 0.25) is 0 Å². The lowest BCUT2D eigenvalue weighted by atomic mass is 10.6. The Hall–Kier alpha value is -0.640. The molecule has 0 aliphatic rings. The molecule has 0 amide bonds. The van der Waals surface area contributed by atoms with Gasteiger partial charge in [0.25, 0.3) is 0 Å². The van der Waals surface area contributed by atoms with E-state index >= 15 is 0 Å². The Bertz CT molecular complexity index is 130. The maximum atomic E-state index is 10.5. The van der Waals surface area contributed by atoms with Crippen LogP contribution in [0.2, 0.25) is 0 Å². The number of ether oxygens (including phenoxy) is 1. The summed E-state index contributed by atoms with van der Waals surface area (Å²) in [4.78, 5) is 10.7. The molecule has 0 radical (unpaired) electrons. The number of rotatable bonds is 2. The monoisotopic (exact) mass is 148 g/mol. The van der Waals surface area contributed by atoms with E-state index in [4.69, 9.17) is 5.11 Å². The fraction of sp³-hybridized carbons (Fsp3) is 0.400. The number of hydrogen-bond acceptors (Lipinski definition) is 4. The quantitative estimate of drug-likeness (QED) is 0.359. The Labute approximate surface area is 57.7 Å². The van der Waals surface area contributed by atoms with Gasteiger partial charge in [0.05, 0.1) is 7.11 Å². The first-order valence-electron chi connectivity index (χ1n) is 2.23. The molecule has 0 fully saturated rings. The van der Waals surface area contributed by atoms with E-state index in [1.54, 1.807) is 6.26 Å². The zero-order chi connectivity index (χ0) is 7.28. The van der Waals surface area contributed by atoms with Gasteiger partial charge in [-0.1, -0.05) is 0 Å². The normalized spacial score (nSPS) is 11.1. The second-order valence-electron chi connectivity index (χ2n) is 1.19. The Kier molecular flexibility index (Phi) is 3.96. The van der Waals surface area contributed by atoms with E-state index in [2.05, 4.69) is 4.74 Å². The molecule has 0 bridgehead atoms. The number of methoxy groups -OCH3 is 1. The van der Waals surface area contributed by atoms with E-state index in [0.717, 1.165) is 18.0 Å². The fourth-order valence-corrected chi connectivity index (χ4v) is 0.645. The van der Waals surface area contributed by atoms with E-state index < -0.39 is 5.97 Å². The average molecular weight is 148 g/mol. The third kappa shape index (κ3) is 2.41. The smallest absolute Gasteiger partial charge is 0.347 e. The highest BCUT2D eigenvalue weighted by Gasteiger charge is 2.05. The maximum absolute atomic E-state index is 10.5. The Morgan fingerprint density at radius 2 is 2.33 bits per heavy atom. The lowest BCUT2D eigenvalue weighted by Crippen LogP contribution is -2.00. The number of thioether (sulfide) groups is 1. The first kappa shape index (κ1) is 8.36. The molecule has 0 aliphatic carbocycles. The molecule has 0 aromatic carbocycles. The molecule has 0 aromatic heterocycles. The van der Waals surface area contributed by atoms with Gasteiger partial charge < -0.3 is 9.84 Å². The summed E-state index contributed by atoms with van der Waals surface area (Å²) in [6.07, 6.45) is 2.41. The zero-order valence-corrected chi connectivity index (χ0v) is 6.07. The van der Waals surface area contributed by atoms with Gasteiger partial charge in [-0.2, -0.15) is 0 Å². The van der Waals surface area contributed by atoms with E-state index in [-0.39, 0.29) is 4.91 Å². The molecule has 0 heterocycles. The topological polar surface area (TPSA) is 46.5 Å². The van der Waals surface area contributed by atoms with Crippen LogP contribution in [0.25, 0.3) is 0 Å². The van der Waals surface area contributed by atoms with Crippen LogP contribution in [0.15, 0.2) is 11.2 Å². The van der Waals surface area contributed by atoms with Gasteiger partial charge in [-0.05, 0) is 6.26 Å². The number of esters is 1. The number of aliphatic hydroxyl groups is 1. The van der Waals surface area contributed by atoms with Crippen molar-refractivity contribution in [2.75, 3.05) is 13.4 Å². The second-order valence-corrected chi connectivity index (χ2v) is 2.04. The van der Waals surface area contributed by atoms with Gasteiger partial charge in [-0.25, -0.2) is 4.79 Å². The average Bonchev–Trinajstić information content (AvgIpc) is 1.90. The molecule has 4 heteroatoms. The molecule has 0 spiro atoms. The molecule has 0 saturated heterocycles. The van der Waals surface area contributed by atoms with Crippen LogP contribution in [0.5, 0.6) is 0 Å². The highest BCUT2D eigenvalue weighted by Crippen LogP contribution is 2.10. The second kappa shape index (κ2) is 4.26. The van der Waals surface area contributed by atoms with E-state index in [1.165, 1.54) is 7.11 Å². The molecular formula is C5H8O3S. The summed E-state index contributed by atoms with van der Waals surface area (Å²) in [6.45, 7) is 0. The summed E-state index contributed by atoms with van der Waals surface area (Å²) in [5.41, 5.74) is 0. The standard InChI is InChI=1S/C5H8O3S/c1-8-5(7)4(3-6)9-2/h3,6H,1-2H3. The SMILES string of the molecule is COC(=O)C(=CO)SC. The zero-order valence-electron chi connectivity index (χ0n) is 5.25. The van der Waals surface area contributed by atoms with Crippen LogP contribution in [0, 0.1) is 0 Å². The molecule has 9 heavy (non-hydrogen) atoms. The highest BCUT2D eigenvalue weighted by molar-refractivity contribution is 8.03. The van der Waals surface area contributed by atoms with Gasteiger partial charge in [0, 0.05) is 0 Å². The fourth-order valence-electron chi connectivity index (χ4n) is 0.289. The number of carbonyl (C=O) groups excluding carboxylic acids is 1. The maximum Gasteiger partial charge on any atom is 0.347 e. The van der Waals surface area contributed by atoms with Crippen LogP contribution >= 0.6 is 11.8 Å². The molecule has 3 nitrogen and oxygen atoms in total. The van der Waals surface area contributed by atoms with Crippen molar-refractivity contribution in [3.8, 4) is 0 Å². The minimum atomic E-state index is -0.509. The summed E-state index contributed by atoms with van der Waals surface area (Å²) in [5.74, 6) is -0.509. The Balaban J connectivity index is 3.97. The van der Waals surface area contributed by atoms with Crippen molar-refractivity contribution in [1.29, 1.82) is 0 Å². The number of carbonyl (C=O) groups is 1. The summed E-state index contributed by atoms with van der Waals surface area (Å²) in [6, 6.07) is 0. The first-order chi connectivity index (χ1) is 4.26. The van der Waals surface area contributed by atoms with Crippen molar-refractivity contribution in [3.05, 3.63) is 11.2 Å². The van der Waals surface area contributed by atoms with Crippen LogP contribution in [-0.4, -0.2) is 24.4 Å². The number of aliphatic hydroxyl groups excluding tert-OH is 1.